The molecule has 0 aliphatic heterocycles. The summed E-state index contributed by atoms with van der Waals surface area (Å²) in [5, 5.41) is 6.71. The van der Waals surface area contributed by atoms with Crippen LogP contribution in [0.5, 0.6) is 0 Å². The van der Waals surface area contributed by atoms with E-state index in [0.717, 1.165) is 11.3 Å². The maximum absolute atomic E-state index is 12.4. The van der Waals surface area contributed by atoms with Gasteiger partial charge in [0.1, 0.15) is 4.90 Å². The van der Waals surface area contributed by atoms with Gasteiger partial charge in [-0.3, -0.25) is 9.89 Å². The average molecular weight is 374 g/mol. The van der Waals surface area contributed by atoms with Gasteiger partial charge in [-0.1, -0.05) is 29.3 Å². The molecule has 1 aromatic heterocycles. The Morgan fingerprint density at radius 2 is 2.00 bits per heavy atom. The Hall–Kier alpha value is -1.57. The molecule has 2 N–H and O–H groups in total. The van der Waals surface area contributed by atoms with E-state index >= 15 is 0 Å². The van der Waals surface area contributed by atoms with Gasteiger partial charge in [0.2, 0.25) is 5.91 Å². The monoisotopic (exact) mass is 373 g/mol. The highest BCUT2D eigenvalue weighted by Gasteiger charge is 2.30. The minimum atomic E-state index is -4.12. The minimum Gasteiger partial charge on any atom is -0.282 e. The Bertz CT molecular complexity index is 844. The lowest BCUT2D eigenvalue weighted by atomic mass is 9.88. The summed E-state index contributed by atoms with van der Waals surface area (Å²) in [7, 11) is -4.12. The smallest absolute Gasteiger partial charge is 0.267 e. The Morgan fingerprint density at radius 1 is 1.30 bits per heavy atom. The zero-order valence-corrected chi connectivity index (χ0v) is 14.2. The number of aryl methyl sites for hydroxylation is 1. The quantitative estimate of drug-likeness (QED) is 0.863. The molecule has 3 rings (SSSR count). The van der Waals surface area contributed by atoms with E-state index in [1.807, 2.05) is 0 Å². The number of nitrogens with zero attached hydrogens (tertiary/aromatic N) is 1. The standard InChI is InChI=1S/C14H13Cl2N3O3S/c15-10-2-1-3-11(16)13(10)23(21,22)19-14(20)8-4-5-9-7-17-18-12(9)6-8/h1-3,7-8H,4-6H2,(H,17,18)(H,19,20)/t8-/m1/s1. The number of halogens is 2. The molecule has 1 aliphatic rings. The van der Waals surface area contributed by atoms with Gasteiger partial charge in [0.25, 0.3) is 10.0 Å². The number of hydrogen-bond acceptors (Lipinski definition) is 4. The van der Waals surface area contributed by atoms with Crippen LogP contribution in [0.25, 0.3) is 0 Å². The van der Waals surface area contributed by atoms with Crippen LogP contribution in [0.15, 0.2) is 29.3 Å². The molecule has 6 nitrogen and oxygen atoms in total. The molecule has 1 heterocycles. The number of hydrogen-bond donors (Lipinski definition) is 2. The number of carbonyl (C=O) groups is 1. The number of rotatable bonds is 3. The molecule has 1 aliphatic carbocycles. The van der Waals surface area contributed by atoms with Crippen molar-refractivity contribution in [2.45, 2.75) is 24.2 Å². The molecule has 122 valence electrons. The number of sulfonamides is 1. The van der Waals surface area contributed by atoms with Crippen molar-refractivity contribution in [3.8, 4) is 0 Å². The summed E-state index contributed by atoms with van der Waals surface area (Å²) < 4.78 is 26.9. The Kier molecular flexibility index (Phi) is 4.35. The first kappa shape index (κ1) is 16.3. The van der Waals surface area contributed by atoms with E-state index in [1.165, 1.54) is 18.2 Å². The second kappa shape index (κ2) is 6.14. The first-order valence-corrected chi connectivity index (χ1v) is 9.14. The van der Waals surface area contributed by atoms with Crippen molar-refractivity contribution in [3.63, 3.8) is 0 Å². The third kappa shape index (κ3) is 3.22. The largest absolute Gasteiger partial charge is 0.282 e. The molecule has 0 radical (unpaired) electrons. The second-order valence-corrected chi connectivity index (χ2v) is 7.77. The molecule has 1 aromatic carbocycles. The molecule has 0 fully saturated rings. The van der Waals surface area contributed by atoms with Crippen molar-refractivity contribution in [2.75, 3.05) is 0 Å². The summed E-state index contributed by atoms with van der Waals surface area (Å²) in [6.45, 7) is 0. The minimum absolute atomic E-state index is 0.0303. The zero-order valence-electron chi connectivity index (χ0n) is 11.8. The summed E-state index contributed by atoms with van der Waals surface area (Å²) >= 11 is 11.8. The topological polar surface area (TPSA) is 91.9 Å². The van der Waals surface area contributed by atoms with Gasteiger partial charge < -0.3 is 0 Å². The summed E-state index contributed by atoms with van der Waals surface area (Å²) in [5.74, 6) is -1.01. The Labute approximate surface area is 143 Å². The predicted octanol–water partition coefficient (Wildman–Crippen LogP) is 2.33. The molecule has 0 bridgehead atoms. The predicted molar refractivity (Wildman–Crippen MR) is 85.9 cm³/mol. The fourth-order valence-corrected chi connectivity index (χ4v) is 4.83. The van der Waals surface area contributed by atoms with Crippen LogP contribution in [0.4, 0.5) is 0 Å². The van der Waals surface area contributed by atoms with E-state index in [-0.39, 0.29) is 14.9 Å². The fraction of sp³-hybridized carbons (Fsp3) is 0.286. The first-order valence-electron chi connectivity index (χ1n) is 6.90. The highest BCUT2D eigenvalue weighted by atomic mass is 35.5. The van der Waals surface area contributed by atoms with Gasteiger partial charge in [-0.05, 0) is 30.5 Å². The van der Waals surface area contributed by atoms with Crippen LogP contribution < -0.4 is 4.72 Å². The van der Waals surface area contributed by atoms with Gasteiger partial charge in [-0.15, -0.1) is 0 Å². The van der Waals surface area contributed by atoms with E-state index in [9.17, 15) is 13.2 Å². The SMILES string of the molecule is O=C(NS(=O)(=O)c1c(Cl)cccc1Cl)[C@@H]1CCc2cn[nH]c2C1. The number of aromatic nitrogens is 2. The van der Waals surface area contributed by atoms with Crippen LogP contribution in [-0.2, 0) is 27.7 Å². The van der Waals surface area contributed by atoms with E-state index in [2.05, 4.69) is 14.9 Å². The molecule has 0 spiro atoms. The van der Waals surface area contributed by atoms with Gasteiger partial charge in [0.15, 0.2) is 0 Å². The maximum atomic E-state index is 12.4. The number of amides is 1. The van der Waals surface area contributed by atoms with Crippen molar-refractivity contribution in [1.29, 1.82) is 0 Å². The summed E-state index contributed by atoms with van der Waals surface area (Å²) in [6, 6.07) is 4.35. The van der Waals surface area contributed by atoms with Crippen LogP contribution in [0.1, 0.15) is 17.7 Å². The molecule has 0 saturated carbocycles. The summed E-state index contributed by atoms with van der Waals surface area (Å²) in [6.07, 6.45) is 3.39. The average Bonchev–Trinajstić information content (AvgIpc) is 2.93. The Balaban J connectivity index is 1.80. The summed E-state index contributed by atoms with van der Waals surface area (Å²) in [4.78, 5) is 12.0. The van der Waals surface area contributed by atoms with Gasteiger partial charge in [0, 0.05) is 18.0 Å². The highest BCUT2D eigenvalue weighted by Crippen LogP contribution is 2.29. The molecule has 23 heavy (non-hydrogen) atoms. The molecule has 1 amide bonds. The number of benzene rings is 1. The van der Waals surface area contributed by atoms with Crippen molar-refractivity contribution in [2.24, 2.45) is 5.92 Å². The number of fused-ring (bicyclic) bond motifs is 1. The van der Waals surface area contributed by atoms with Crippen LogP contribution in [-0.4, -0.2) is 24.5 Å². The Morgan fingerprint density at radius 3 is 2.70 bits per heavy atom. The van der Waals surface area contributed by atoms with E-state index in [0.29, 0.717) is 19.3 Å². The van der Waals surface area contributed by atoms with E-state index in [1.54, 1.807) is 6.20 Å². The number of aromatic amines is 1. The molecular formula is C14H13Cl2N3O3S. The van der Waals surface area contributed by atoms with Crippen LogP contribution >= 0.6 is 23.2 Å². The van der Waals surface area contributed by atoms with Crippen LogP contribution in [0.3, 0.4) is 0 Å². The van der Waals surface area contributed by atoms with Gasteiger partial charge in [0.05, 0.1) is 16.2 Å². The lowest BCUT2D eigenvalue weighted by Gasteiger charge is -2.21. The summed E-state index contributed by atoms with van der Waals surface area (Å²) in [5.41, 5.74) is 1.93. The molecule has 9 heteroatoms. The normalized spacial score (nSPS) is 17.6. The fourth-order valence-electron chi connectivity index (χ4n) is 2.64. The van der Waals surface area contributed by atoms with Gasteiger partial charge in [-0.2, -0.15) is 5.10 Å². The number of H-pyrrole nitrogens is 1. The van der Waals surface area contributed by atoms with Crippen molar-refractivity contribution >= 4 is 39.1 Å². The lowest BCUT2D eigenvalue weighted by Crippen LogP contribution is -2.38. The first-order chi connectivity index (χ1) is 10.9. The van der Waals surface area contributed by atoms with Crippen molar-refractivity contribution in [1.82, 2.24) is 14.9 Å². The molecule has 1 atom stereocenters. The zero-order chi connectivity index (χ0) is 16.6. The highest BCUT2D eigenvalue weighted by molar-refractivity contribution is 7.90. The molecule has 0 unspecified atom stereocenters. The molecule has 0 saturated heterocycles. The van der Waals surface area contributed by atoms with E-state index < -0.39 is 21.8 Å². The number of carbonyl (C=O) groups excluding carboxylic acids is 1. The van der Waals surface area contributed by atoms with Crippen LogP contribution in [0, 0.1) is 5.92 Å². The van der Waals surface area contributed by atoms with Crippen molar-refractivity contribution < 1.29 is 13.2 Å². The third-order valence-corrected chi connectivity index (χ3v) is 6.11. The van der Waals surface area contributed by atoms with Crippen molar-refractivity contribution in [3.05, 3.63) is 45.7 Å². The number of nitrogens with one attached hydrogen (secondary N) is 2. The maximum Gasteiger partial charge on any atom is 0.267 e. The lowest BCUT2D eigenvalue weighted by molar-refractivity contribution is -0.123. The molecular weight excluding hydrogens is 361 g/mol. The van der Waals surface area contributed by atoms with Crippen LogP contribution in [0.2, 0.25) is 10.0 Å². The van der Waals surface area contributed by atoms with Gasteiger partial charge in [-0.25, -0.2) is 13.1 Å². The molecule has 2 aromatic rings. The second-order valence-electron chi connectivity index (χ2n) is 5.33. The third-order valence-electron chi connectivity index (χ3n) is 3.81. The van der Waals surface area contributed by atoms with E-state index in [4.69, 9.17) is 23.2 Å². The van der Waals surface area contributed by atoms with Gasteiger partial charge >= 0.3 is 0 Å².